The maximum Gasteiger partial charge on any atom is 0.343 e. The highest BCUT2D eigenvalue weighted by Crippen LogP contribution is 2.19. The van der Waals surface area contributed by atoms with Gasteiger partial charge < -0.3 is 4.74 Å². The van der Waals surface area contributed by atoms with Gasteiger partial charge in [-0.1, -0.05) is 5.46 Å². The Bertz CT molecular complexity index is 580. The fourth-order valence-electron chi connectivity index (χ4n) is 1.58. The number of ether oxygens (including phenoxy) is 1. The first-order valence-corrected chi connectivity index (χ1v) is 4.54. The molecule has 1 heterocycles. The standard InChI is InChI=1S/C10H8BFN2O2/c1-14-4-5-6(11)3-7(12)8(9(5)13-14)10(15)16-2/h3-4H,1-2H3. The SMILES string of the molecule is [B]c1cc(F)c(C(=O)OC)c2nn(C)cc12. The van der Waals surface area contributed by atoms with Gasteiger partial charge in [0.2, 0.25) is 0 Å². The van der Waals surface area contributed by atoms with Crippen molar-refractivity contribution in [3.63, 3.8) is 0 Å². The summed E-state index contributed by atoms with van der Waals surface area (Å²) in [5, 5.41) is 4.53. The van der Waals surface area contributed by atoms with Crippen LogP contribution in [0.1, 0.15) is 10.4 Å². The molecule has 6 heteroatoms. The van der Waals surface area contributed by atoms with E-state index >= 15 is 0 Å². The van der Waals surface area contributed by atoms with Gasteiger partial charge in [-0.15, -0.1) is 0 Å². The van der Waals surface area contributed by atoms with Crippen LogP contribution in [0.5, 0.6) is 0 Å². The molecule has 0 aliphatic carbocycles. The molecule has 0 bridgehead atoms. The molecule has 2 rings (SSSR count). The topological polar surface area (TPSA) is 44.1 Å². The molecule has 2 radical (unpaired) electrons. The van der Waals surface area contributed by atoms with E-state index in [2.05, 4.69) is 9.84 Å². The zero-order valence-electron chi connectivity index (χ0n) is 8.82. The third kappa shape index (κ3) is 1.46. The molecule has 0 aliphatic heterocycles. The summed E-state index contributed by atoms with van der Waals surface area (Å²) in [6, 6.07) is 1.09. The average molecular weight is 218 g/mol. The van der Waals surface area contributed by atoms with Crippen molar-refractivity contribution in [1.29, 1.82) is 0 Å². The van der Waals surface area contributed by atoms with Gasteiger partial charge >= 0.3 is 5.97 Å². The van der Waals surface area contributed by atoms with Gasteiger partial charge in [-0.05, 0) is 6.07 Å². The molecular weight excluding hydrogens is 210 g/mol. The molecule has 2 aromatic rings. The summed E-state index contributed by atoms with van der Waals surface area (Å²) in [7, 11) is 8.49. The number of carbonyl (C=O) groups is 1. The quantitative estimate of drug-likeness (QED) is 0.510. The van der Waals surface area contributed by atoms with Crippen molar-refractivity contribution in [3.05, 3.63) is 23.6 Å². The number of benzene rings is 1. The molecule has 0 fully saturated rings. The van der Waals surface area contributed by atoms with Gasteiger partial charge in [0.1, 0.15) is 24.7 Å². The van der Waals surface area contributed by atoms with E-state index in [1.807, 2.05) is 0 Å². The Labute approximate surface area is 92.4 Å². The Morgan fingerprint density at radius 2 is 2.31 bits per heavy atom. The summed E-state index contributed by atoms with van der Waals surface area (Å²) in [4.78, 5) is 11.4. The number of aryl methyl sites for hydroxylation is 1. The van der Waals surface area contributed by atoms with Crippen LogP contribution < -0.4 is 5.46 Å². The highest BCUT2D eigenvalue weighted by molar-refractivity contribution is 6.39. The second-order valence-corrected chi connectivity index (χ2v) is 3.38. The van der Waals surface area contributed by atoms with E-state index in [1.54, 1.807) is 13.2 Å². The predicted molar refractivity (Wildman–Crippen MR) is 57.4 cm³/mol. The minimum absolute atomic E-state index is 0.188. The smallest absolute Gasteiger partial charge is 0.343 e. The number of nitrogens with zero attached hydrogens (tertiary/aromatic N) is 2. The molecular formula is C10H8BFN2O2. The van der Waals surface area contributed by atoms with Crippen LogP contribution in [-0.4, -0.2) is 30.7 Å². The zero-order chi connectivity index (χ0) is 11.9. The Balaban J connectivity index is 2.86. The largest absolute Gasteiger partial charge is 0.465 e. The molecule has 16 heavy (non-hydrogen) atoms. The van der Waals surface area contributed by atoms with Crippen molar-refractivity contribution in [3.8, 4) is 0 Å². The highest BCUT2D eigenvalue weighted by atomic mass is 19.1. The van der Waals surface area contributed by atoms with Gasteiger partial charge in [-0.2, -0.15) is 5.10 Å². The molecule has 0 N–H and O–H groups in total. The van der Waals surface area contributed by atoms with Crippen molar-refractivity contribution in [1.82, 2.24) is 9.78 Å². The second-order valence-electron chi connectivity index (χ2n) is 3.38. The lowest BCUT2D eigenvalue weighted by atomic mass is 9.91. The zero-order valence-corrected chi connectivity index (χ0v) is 8.82. The lowest BCUT2D eigenvalue weighted by Gasteiger charge is -2.04. The monoisotopic (exact) mass is 218 g/mol. The first kappa shape index (κ1) is 10.7. The molecule has 4 nitrogen and oxygen atoms in total. The van der Waals surface area contributed by atoms with Crippen molar-refractivity contribution in [2.45, 2.75) is 0 Å². The number of carbonyl (C=O) groups excluding carboxylic acids is 1. The minimum Gasteiger partial charge on any atom is -0.465 e. The molecule has 0 amide bonds. The van der Waals surface area contributed by atoms with E-state index in [1.165, 1.54) is 11.8 Å². The second kappa shape index (κ2) is 3.62. The molecule has 1 aromatic heterocycles. The van der Waals surface area contributed by atoms with E-state index in [-0.39, 0.29) is 16.5 Å². The van der Waals surface area contributed by atoms with E-state index in [0.717, 1.165) is 6.07 Å². The van der Waals surface area contributed by atoms with Crippen molar-refractivity contribution in [2.24, 2.45) is 7.05 Å². The molecule has 0 atom stereocenters. The van der Waals surface area contributed by atoms with Gasteiger partial charge in [0.15, 0.2) is 0 Å². The maximum absolute atomic E-state index is 13.6. The van der Waals surface area contributed by atoms with Crippen LogP contribution >= 0.6 is 0 Å². The maximum atomic E-state index is 13.6. The summed E-state index contributed by atoms with van der Waals surface area (Å²) >= 11 is 0. The first-order chi connectivity index (χ1) is 7.54. The van der Waals surface area contributed by atoms with Gasteiger partial charge in [0.05, 0.1) is 7.11 Å². The third-order valence-electron chi connectivity index (χ3n) is 2.29. The van der Waals surface area contributed by atoms with Crippen molar-refractivity contribution in [2.75, 3.05) is 7.11 Å². The number of esters is 1. The number of methoxy groups -OCH3 is 1. The number of hydrogen-bond acceptors (Lipinski definition) is 3. The molecule has 0 aliphatic rings. The number of aromatic nitrogens is 2. The molecule has 0 unspecified atom stereocenters. The van der Waals surface area contributed by atoms with Crippen LogP contribution in [0.4, 0.5) is 4.39 Å². The number of halogens is 1. The fourth-order valence-corrected chi connectivity index (χ4v) is 1.58. The van der Waals surface area contributed by atoms with Crippen molar-refractivity contribution < 1.29 is 13.9 Å². The van der Waals surface area contributed by atoms with E-state index in [0.29, 0.717) is 5.39 Å². The lowest BCUT2D eigenvalue weighted by molar-refractivity contribution is 0.0597. The lowest BCUT2D eigenvalue weighted by Crippen LogP contribution is -2.12. The van der Waals surface area contributed by atoms with Crippen LogP contribution in [0.2, 0.25) is 0 Å². The summed E-state index contributed by atoms with van der Waals surface area (Å²) in [5.74, 6) is -1.49. The molecule has 80 valence electrons. The average Bonchev–Trinajstić information content (AvgIpc) is 2.59. The summed E-state index contributed by atoms with van der Waals surface area (Å²) < 4.78 is 19.6. The van der Waals surface area contributed by atoms with Crippen LogP contribution in [0.15, 0.2) is 12.3 Å². The summed E-state index contributed by atoms with van der Waals surface area (Å²) in [6.45, 7) is 0. The Hall–Kier alpha value is -1.85. The van der Waals surface area contributed by atoms with Gasteiger partial charge in [-0.3, -0.25) is 4.68 Å². The third-order valence-corrected chi connectivity index (χ3v) is 2.29. The van der Waals surface area contributed by atoms with Crippen LogP contribution in [0.3, 0.4) is 0 Å². The Morgan fingerprint density at radius 3 is 2.94 bits per heavy atom. The van der Waals surface area contributed by atoms with E-state index < -0.39 is 11.8 Å². The fraction of sp³-hybridized carbons (Fsp3) is 0.200. The first-order valence-electron chi connectivity index (χ1n) is 4.54. The van der Waals surface area contributed by atoms with Gasteiger partial charge in [0.25, 0.3) is 0 Å². The van der Waals surface area contributed by atoms with Gasteiger partial charge in [-0.25, -0.2) is 9.18 Å². The normalized spacial score (nSPS) is 10.7. The molecule has 0 saturated heterocycles. The van der Waals surface area contributed by atoms with Crippen LogP contribution in [0.25, 0.3) is 10.9 Å². The molecule has 0 saturated carbocycles. The molecule has 1 aromatic carbocycles. The van der Waals surface area contributed by atoms with E-state index in [4.69, 9.17) is 7.85 Å². The minimum atomic E-state index is -0.763. The number of fused-ring (bicyclic) bond motifs is 1. The Morgan fingerprint density at radius 1 is 1.62 bits per heavy atom. The van der Waals surface area contributed by atoms with Gasteiger partial charge in [0, 0.05) is 18.6 Å². The van der Waals surface area contributed by atoms with Crippen molar-refractivity contribution >= 4 is 30.2 Å². The Kier molecular flexibility index (Phi) is 2.42. The summed E-state index contributed by atoms with van der Waals surface area (Å²) in [6.07, 6.45) is 1.62. The van der Waals surface area contributed by atoms with E-state index in [9.17, 15) is 9.18 Å². The predicted octanol–water partition coefficient (Wildman–Crippen LogP) is 0.293. The number of hydrogen-bond donors (Lipinski definition) is 0. The van der Waals surface area contributed by atoms with Crippen LogP contribution in [0, 0.1) is 5.82 Å². The highest BCUT2D eigenvalue weighted by Gasteiger charge is 2.20. The van der Waals surface area contributed by atoms with Crippen LogP contribution in [-0.2, 0) is 11.8 Å². The number of rotatable bonds is 1. The summed E-state index contributed by atoms with van der Waals surface area (Å²) in [5.41, 5.74) is 0.271. The molecule has 0 spiro atoms.